The Morgan fingerprint density at radius 1 is 0.558 bits per heavy atom. The molecule has 0 atom stereocenters. The third-order valence-electron chi connectivity index (χ3n) is 7.63. The van der Waals surface area contributed by atoms with Crippen molar-refractivity contribution in [1.29, 1.82) is 0 Å². The molecule has 0 bridgehead atoms. The first-order valence-corrected chi connectivity index (χ1v) is 19.3. The van der Waals surface area contributed by atoms with Gasteiger partial charge in [0.15, 0.2) is 0 Å². The van der Waals surface area contributed by atoms with Gasteiger partial charge in [-0.05, 0) is 102 Å². The first-order chi connectivity index (χ1) is 24.6. The van der Waals surface area contributed by atoms with Crippen molar-refractivity contribution in [2.45, 2.75) is 21.6 Å². The number of nitrogen functional groups attached to an aromatic ring is 1. The van der Waals surface area contributed by atoms with Gasteiger partial charge in [0.2, 0.25) is 0 Å². The lowest BCUT2D eigenvalue weighted by molar-refractivity contribution is 0.481. The number of fused-ring (bicyclic) bond motifs is 1. The molecule has 0 aliphatic heterocycles. The van der Waals surface area contributed by atoms with Crippen molar-refractivity contribution in [3.05, 3.63) is 127 Å². The minimum absolute atomic E-state index is 0.0268. The zero-order valence-electron chi connectivity index (χ0n) is 26.9. The topological polar surface area (TPSA) is 228 Å². The molecule has 0 aliphatic carbocycles. The van der Waals surface area contributed by atoms with Gasteiger partial charge in [0, 0.05) is 5.39 Å². The standard InChI is InChI=1S/C35H27N5O9S3/c1-22-2-16-30(17-3-22)52(47,48)49-29-14-12-28(13-15-29)38-37-26-8-4-23(5-9-26)24-6-10-27(11-7-24)39-40-35-32-19-18-31(50(41,42)43)20-25(32)21-33(34(35)36)51(44,45)46/h2-21H,36H2,1H3,(H,41,42,43)(H,44,45,46). The molecular formula is C35H27N5O9S3. The van der Waals surface area contributed by atoms with Crippen LogP contribution in [0.25, 0.3) is 21.9 Å². The summed E-state index contributed by atoms with van der Waals surface area (Å²) in [6.07, 6.45) is 0. The number of hydrogen-bond acceptors (Lipinski definition) is 12. The molecule has 14 nitrogen and oxygen atoms in total. The van der Waals surface area contributed by atoms with Crippen molar-refractivity contribution < 1.29 is 38.5 Å². The fraction of sp³-hybridized carbons (Fsp3) is 0.0286. The molecule has 0 saturated heterocycles. The molecule has 6 aromatic rings. The highest BCUT2D eigenvalue weighted by Crippen LogP contribution is 2.39. The van der Waals surface area contributed by atoms with E-state index in [1.807, 2.05) is 19.1 Å². The summed E-state index contributed by atoms with van der Waals surface area (Å²) < 4.78 is 96.7. The predicted octanol–water partition coefficient (Wildman–Crippen LogP) is 8.49. The lowest BCUT2D eigenvalue weighted by atomic mass is 10.1. The number of nitrogens with two attached hydrogens (primary N) is 1. The van der Waals surface area contributed by atoms with E-state index >= 15 is 0 Å². The maximum atomic E-state index is 12.5. The van der Waals surface area contributed by atoms with Gasteiger partial charge in [-0.3, -0.25) is 9.11 Å². The molecule has 52 heavy (non-hydrogen) atoms. The zero-order chi connectivity index (χ0) is 37.3. The Balaban J connectivity index is 1.15. The number of rotatable bonds is 10. The van der Waals surface area contributed by atoms with Crippen LogP contribution < -0.4 is 9.92 Å². The second kappa shape index (κ2) is 14.0. The van der Waals surface area contributed by atoms with Crippen molar-refractivity contribution in [1.82, 2.24) is 0 Å². The summed E-state index contributed by atoms with van der Waals surface area (Å²) in [5.41, 5.74) is 9.54. The molecule has 0 aromatic heterocycles. The molecule has 6 rings (SSSR count). The predicted molar refractivity (Wildman–Crippen MR) is 194 cm³/mol. The van der Waals surface area contributed by atoms with Gasteiger partial charge in [0.1, 0.15) is 21.2 Å². The summed E-state index contributed by atoms with van der Waals surface area (Å²) >= 11 is 0. The second-order valence-electron chi connectivity index (χ2n) is 11.3. The van der Waals surface area contributed by atoms with Crippen LogP contribution in [0.1, 0.15) is 5.56 Å². The quantitative estimate of drug-likeness (QED) is 0.0522. The Labute approximate surface area is 298 Å². The molecule has 264 valence electrons. The van der Waals surface area contributed by atoms with E-state index in [2.05, 4.69) is 20.5 Å². The van der Waals surface area contributed by atoms with Gasteiger partial charge in [0.05, 0.1) is 27.6 Å². The summed E-state index contributed by atoms with van der Waals surface area (Å²) in [7, 11) is -13.4. The lowest BCUT2D eigenvalue weighted by Crippen LogP contribution is -2.09. The van der Waals surface area contributed by atoms with Crippen molar-refractivity contribution >= 4 is 69.6 Å². The van der Waals surface area contributed by atoms with Gasteiger partial charge >= 0.3 is 10.1 Å². The van der Waals surface area contributed by atoms with Crippen molar-refractivity contribution in [3.63, 3.8) is 0 Å². The van der Waals surface area contributed by atoms with Gasteiger partial charge < -0.3 is 9.92 Å². The molecule has 0 aliphatic rings. The summed E-state index contributed by atoms with van der Waals surface area (Å²) in [5.74, 6) is 0.136. The molecule has 6 aromatic carbocycles. The van der Waals surface area contributed by atoms with E-state index in [0.717, 1.165) is 34.9 Å². The Bertz CT molecular complexity index is 2700. The maximum absolute atomic E-state index is 12.5. The molecule has 0 heterocycles. The zero-order valence-corrected chi connectivity index (χ0v) is 29.3. The highest BCUT2D eigenvalue weighted by Gasteiger charge is 2.22. The van der Waals surface area contributed by atoms with E-state index in [0.29, 0.717) is 17.1 Å². The molecule has 0 unspecified atom stereocenters. The molecular weight excluding hydrogens is 731 g/mol. The van der Waals surface area contributed by atoms with Crippen LogP contribution in [0, 0.1) is 6.92 Å². The second-order valence-corrected chi connectivity index (χ2v) is 15.7. The first-order valence-electron chi connectivity index (χ1n) is 15.0. The van der Waals surface area contributed by atoms with Crippen LogP contribution in [-0.4, -0.2) is 34.4 Å². The van der Waals surface area contributed by atoms with Crippen LogP contribution in [0.2, 0.25) is 0 Å². The van der Waals surface area contributed by atoms with Gasteiger partial charge in [-0.1, -0.05) is 48.0 Å². The summed E-state index contributed by atoms with van der Waals surface area (Å²) in [6.45, 7) is 1.86. The third-order valence-corrected chi connectivity index (χ3v) is 10.6. The van der Waals surface area contributed by atoms with Crippen LogP contribution in [0.15, 0.2) is 156 Å². The maximum Gasteiger partial charge on any atom is 0.339 e. The Morgan fingerprint density at radius 2 is 1.04 bits per heavy atom. The number of anilines is 1. The average molecular weight is 758 g/mol. The van der Waals surface area contributed by atoms with Crippen molar-refractivity contribution in [2.24, 2.45) is 20.5 Å². The number of aryl methyl sites for hydroxylation is 1. The Morgan fingerprint density at radius 3 is 1.54 bits per heavy atom. The summed E-state index contributed by atoms with van der Waals surface area (Å²) in [4.78, 5) is -1.14. The first kappa shape index (κ1) is 36.0. The lowest BCUT2D eigenvalue weighted by Gasteiger charge is -2.10. The molecule has 4 N–H and O–H groups in total. The van der Waals surface area contributed by atoms with Gasteiger partial charge in [-0.2, -0.15) is 40.6 Å². The largest absolute Gasteiger partial charge is 0.396 e. The van der Waals surface area contributed by atoms with Gasteiger partial charge in [-0.15, -0.1) is 5.11 Å². The van der Waals surface area contributed by atoms with E-state index in [1.165, 1.54) is 30.3 Å². The minimum atomic E-state index is -4.83. The van der Waals surface area contributed by atoms with E-state index in [4.69, 9.17) is 9.92 Å². The SMILES string of the molecule is Cc1ccc(S(=O)(=O)Oc2ccc(N=Nc3ccc(-c4ccc(N=Nc5c(N)c(S(=O)(=O)O)cc6cc(S(=O)(=O)O)ccc56)cc4)cc3)cc2)cc1. The Hall–Kier alpha value is -5.85. The normalized spacial score (nSPS) is 12.5. The van der Waals surface area contributed by atoms with E-state index in [9.17, 15) is 34.4 Å². The smallest absolute Gasteiger partial charge is 0.339 e. The van der Waals surface area contributed by atoms with E-state index < -0.39 is 45.8 Å². The number of benzene rings is 6. The van der Waals surface area contributed by atoms with Crippen LogP contribution in [0.4, 0.5) is 28.4 Å². The fourth-order valence-corrected chi connectivity index (χ4v) is 7.05. The molecule has 0 radical (unpaired) electrons. The van der Waals surface area contributed by atoms with Crippen LogP contribution in [0.3, 0.4) is 0 Å². The van der Waals surface area contributed by atoms with Crippen LogP contribution in [0.5, 0.6) is 5.75 Å². The third kappa shape index (κ3) is 8.20. The van der Waals surface area contributed by atoms with E-state index in [1.54, 1.807) is 60.7 Å². The minimum Gasteiger partial charge on any atom is -0.396 e. The summed E-state index contributed by atoms with van der Waals surface area (Å²) in [5, 5.41) is 17.0. The highest BCUT2D eigenvalue weighted by atomic mass is 32.2. The Kier molecular flexibility index (Phi) is 9.71. The molecule has 0 fully saturated rings. The van der Waals surface area contributed by atoms with Crippen LogP contribution >= 0.6 is 0 Å². The number of hydrogen-bond donors (Lipinski definition) is 3. The van der Waals surface area contributed by atoms with Crippen molar-refractivity contribution in [2.75, 3.05) is 5.73 Å². The fourth-order valence-electron chi connectivity index (χ4n) is 4.95. The average Bonchev–Trinajstić information content (AvgIpc) is 3.10. The number of nitrogens with zero attached hydrogens (tertiary/aromatic N) is 4. The highest BCUT2D eigenvalue weighted by molar-refractivity contribution is 7.87. The molecule has 0 spiro atoms. The molecule has 0 saturated carbocycles. The van der Waals surface area contributed by atoms with Crippen LogP contribution in [-0.2, 0) is 30.4 Å². The molecule has 0 amide bonds. The summed E-state index contributed by atoms with van der Waals surface area (Å²) in [6, 6.07) is 31.0. The monoisotopic (exact) mass is 757 g/mol. The van der Waals surface area contributed by atoms with Crippen molar-refractivity contribution in [3.8, 4) is 16.9 Å². The molecule has 17 heteroatoms. The van der Waals surface area contributed by atoms with Gasteiger partial charge in [-0.25, -0.2) is 0 Å². The van der Waals surface area contributed by atoms with Gasteiger partial charge in [0.25, 0.3) is 20.2 Å². The van der Waals surface area contributed by atoms with E-state index in [-0.39, 0.29) is 27.1 Å². The number of azo groups is 2.